The molecule has 0 fully saturated rings. The quantitative estimate of drug-likeness (QED) is 0.736. The van der Waals surface area contributed by atoms with Crippen LogP contribution in [0.3, 0.4) is 0 Å². The van der Waals surface area contributed by atoms with Gasteiger partial charge in [0.25, 0.3) is 0 Å². The predicted molar refractivity (Wildman–Crippen MR) is 80.3 cm³/mol. The fraction of sp³-hybridized carbons (Fsp3) is 0.133. The molecule has 3 rings (SSSR count). The summed E-state index contributed by atoms with van der Waals surface area (Å²) in [6.07, 6.45) is 5.20. The molecule has 0 radical (unpaired) electrons. The number of fused-ring (bicyclic) bond motifs is 1. The van der Waals surface area contributed by atoms with Gasteiger partial charge in [-0.25, -0.2) is 9.97 Å². The number of hydrogen-bond donors (Lipinski definition) is 1. The zero-order valence-electron chi connectivity index (χ0n) is 11.2. The van der Waals surface area contributed by atoms with Crippen molar-refractivity contribution in [1.82, 2.24) is 15.0 Å². The van der Waals surface area contributed by atoms with Crippen molar-refractivity contribution < 1.29 is 0 Å². The Morgan fingerprint density at radius 2 is 2.10 bits per heavy atom. The number of nitrogen functional groups attached to an aromatic ring is 1. The first-order valence-electron chi connectivity index (χ1n) is 6.34. The average Bonchev–Trinajstić information content (AvgIpc) is 2.47. The summed E-state index contributed by atoms with van der Waals surface area (Å²) in [5.74, 6) is 0.867. The number of rotatable bonds is 3. The third-order valence-electron chi connectivity index (χ3n) is 3.14. The van der Waals surface area contributed by atoms with E-state index < -0.39 is 0 Å². The monoisotopic (exact) mass is 265 g/mol. The van der Waals surface area contributed by atoms with E-state index in [1.807, 2.05) is 43.6 Å². The zero-order valence-corrected chi connectivity index (χ0v) is 11.2. The number of benzene rings is 1. The first kappa shape index (κ1) is 12.3. The smallest absolute Gasteiger partial charge is 0.139 e. The topological polar surface area (TPSA) is 67.9 Å². The molecule has 20 heavy (non-hydrogen) atoms. The molecule has 5 nitrogen and oxygen atoms in total. The van der Waals surface area contributed by atoms with E-state index in [4.69, 9.17) is 5.73 Å². The van der Waals surface area contributed by atoms with Crippen molar-refractivity contribution in [3.8, 4) is 0 Å². The van der Waals surface area contributed by atoms with Gasteiger partial charge in [-0.05, 0) is 29.8 Å². The summed E-state index contributed by atoms with van der Waals surface area (Å²) in [5, 5.41) is 0.957. The standard InChI is InChI=1S/C15H15N5/c1-20(9-11-3-2-6-17-8-11)15-13-7-12(16)4-5-14(13)18-10-19-15/h2-8,10H,9,16H2,1H3. The molecule has 0 atom stereocenters. The van der Waals surface area contributed by atoms with E-state index in [1.165, 1.54) is 0 Å². The lowest BCUT2D eigenvalue weighted by atomic mass is 10.2. The molecule has 0 bridgehead atoms. The fourth-order valence-electron chi connectivity index (χ4n) is 2.21. The Bertz CT molecular complexity index is 727. The van der Waals surface area contributed by atoms with E-state index in [9.17, 15) is 0 Å². The molecule has 0 aliphatic rings. The van der Waals surface area contributed by atoms with E-state index in [2.05, 4.69) is 19.9 Å². The van der Waals surface area contributed by atoms with Crippen LogP contribution in [-0.4, -0.2) is 22.0 Å². The van der Waals surface area contributed by atoms with Gasteiger partial charge in [-0.2, -0.15) is 0 Å². The highest BCUT2D eigenvalue weighted by molar-refractivity contribution is 5.91. The van der Waals surface area contributed by atoms with Crippen molar-refractivity contribution in [3.05, 3.63) is 54.6 Å². The number of nitrogens with two attached hydrogens (primary N) is 1. The molecule has 0 unspecified atom stereocenters. The molecule has 2 N–H and O–H groups in total. The van der Waals surface area contributed by atoms with Crippen LogP contribution in [0.15, 0.2) is 49.1 Å². The summed E-state index contributed by atoms with van der Waals surface area (Å²) >= 11 is 0. The molecule has 0 saturated carbocycles. The van der Waals surface area contributed by atoms with Crippen LogP contribution >= 0.6 is 0 Å². The van der Waals surface area contributed by atoms with Gasteiger partial charge in [-0.3, -0.25) is 4.98 Å². The van der Waals surface area contributed by atoms with Crippen molar-refractivity contribution in [2.45, 2.75) is 6.54 Å². The molecule has 0 spiro atoms. The van der Waals surface area contributed by atoms with Crippen LogP contribution in [0.5, 0.6) is 0 Å². The lowest BCUT2D eigenvalue weighted by Crippen LogP contribution is -2.18. The molecule has 2 aromatic heterocycles. The Morgan fingerprint density at radius 1 is 1.20 bits per heavy atom. The molecule has 1 aromatic carbocycles. The SMILES string of the molecule is CN(Cc1cccnc1)c1ncnc2ccc(N)cc12. The minimum absolute atomic E-state index is 0.711. The van der Waals surface area contributed by atoms with Crippen molar-refractivity contribution in [3.63, 3.8) is 0 Å². The summed E-state index contributed by atoms with van der Waals surface area (Å²) in [5.41, 5.74) is 8.59. The van der Waals surface area contributed by atoms with Crippen LogP contribution in [-0.2, 0) is 6.54 Å². The number of hydrogen-bond acceptors (Lipinski definition) is 5. The Balaban J connectivity index is 1.99. The van der Waals surface area contributed by atoms with Gasteiger partial charge in [0.15, 0.2) is 0 Å². The maximum Gasteiger partial charge on any atom is 0.139 e. The average molecular weight is 265 g/mol. The highest BCUT2D eigenvalue weighted by atomic mass is 15.2. The van der Waals surface area contributed by atoms with Crippen molar-refractivity contribution in [2.24, 2.45) is 0 Å². The summed E-state index contributed by atoms with van der Waals surface area (Å²) in [4.78, 5) is 14.8. The number of aromatic nitrogens is 3. The van der Waals surface area contributed by atoms with E-state index >= 15 is 0 Å². The van der Waals surface area contributed by atoms with E-state index in [1.54, 1.807) is 12.5 Å². The van der Waals surface area contributed by atoms with Crippen LogP contribution in [0.4, 0.5) is 11.5 Å². The Hall–Kier alpha value is -2.69. The summed E-state index contributed by atoms with van der Waals surface area (Å²) in [6.45, 7) is 0.731. The van der Waals surface area contributed by atoms with Crippen molar-refractivity contribution in [2.75, 3.05) is 17.7 Å². The Morgan fingerprint density at radius 3 is 2.90 bits per heavy atom. The van der Waals surface area contributed by atoms with Gasteiger partial charge >= 0.3 is 0 Å². The highest BCUT2D eigenvalue weighted by Crippen LogP contribution is 2.24. The lowest BCUT2D eigenvalue weighted by Gasteiger charge is -2.19. The normalized spacial score (nSPS) is 10.7. The Labute approximate surface area is 117 Å². The van der Waals surface area contributed by atoms with Crippen LogP contribution in [0, 0.1) is 0 Å². The van der Waals surface area contributed by atoms with Crippen LogP contribution in [0.1, 0.15) is 5.56 Å². The number of anilines is 2. The zero-order chi connectivity index (χ0) is 13.9. The molecular formula is C15H15N5. The van der Waals surface area contributed by atoms with Gasteiger partial charge in [-0.1, -0.05) is 6.07 Å². The molecule has 0 aliphatic heterocycles. The van der Waals surface area contributed by atoms with E-state index in [0.29, 0.717) is 5.69 Å². The largest absolute Gasteiger partial charge is 0.399 e. The minimum atomic E-state index is 0.711. The van der Waals surface area contributed by atoms with Gasteiger partial charge < -0.3 is 10.6 Å². The summed E-state index contributed by atoms with van der Waals surface area (Å²) in [6, 6.07) is 9.64. The van der Waals surface area contributed by atoms with Crippen LogP contribution in [0.25, 0.3) is 10.9 Å². The lowest BCUT2D eigenvalue weighted by molar-refractivity contribution is 0.894. The summed E-state index contributed by atoms with van der Waals surface area (Å²) in [7, 11) is 2.00. The van der Waals surface area contributed by atoms with Crippen LogP contribution < -0.4 is 10.6 Å². The molecular weight excluding hydrogens is 250 g/mol. The second kappa shape index (κ2) is 5.13. The minimum Gasteiger partial charge on any atom is -0.399 e. The van der Waals surface area contributed by atoms with Gasteiger partial charge in [0.2, 0.25) is 0 Å². The highest BCUT2D eigenvalue weighted by Gasteiger charge is 2.09. The van der Waals surface area contributed by atoms with E-state index in [0.717, 1.165) is 28.8 Å². The van der Waals surface area contributed by atoms with Gasteiger partial charge in [-0.15, -0.1) is 0 Å². The third-order valence-corrected chi connectivity index (χ3v) is 3.14. The van der Waals surface area contributed by atoms with E-state index in [-0.39, 0.29) is 0 Å². The maximum atomic E-state index is 5.86. The van der Waals surface area contributed by atoms with Crippen LogP contribution in [0.2, 0.25) is 0 Å². The second-order valence-corrected chi connectivity index (χ2v) is 4.69. The van der Waals surface area contributed by atoms with Gasteiger partial charge in [0, 0.05) is 37.1 Å². The number of pyridine rings is 1. The molecule has 0 aliphatic carbocycles. The van der Waals surface area contributed by atoms with Crippen molar-refractivity contribution >= 4 is 22.4 Å². The fourth-order valence-corrected chi connectivity index (χ4v) is 2.21. The molecule has 0 amide bonds. The molecule has 100 valence electrons. The predicted octanol–water partition coefficient (Wildman–Crippen LogP) is 2.24. The molecule has 0 saturated heterocycles. The maximum absolute atomic E-state index is 5.86. The molecule has 2 heterocycles. The second-order valence-electron chi connectivity index (χ2n) is 4.69. The van der Waals surface area contributed by atoms with Crippen molar-refractivity contribution in [1.29, 1.82) is 0 Å². The first-order valence-corrected chi connectivity index (χ1v) is 6.34. The molecule has 5 heteroatoms. The first-order chi connectivity index (χ1) is 9.74. The van der Waals surface area contributed by atoms with Gasteiger partial charge in [0.05, 0.1) is 5.52 Å². The third kappa shape index (κ3) is 2.38. The molecule has 3 aromatic rings. The summed E-state index contributed by atoms with van der Waals surface area (Å²) < 4.78 is 0. The van der Waals surface area contributed by atoms with Gasteiger partial charge in [0.1, 0.15) is 12.1 Å². The number of nitrogens with zero attached hydrogens (tertiary/aromatic N) is 4. The Kier molecular flexibility index (Phi) is 3.16.